The Balaban J connectivity index is 1.23. The highest BCUT2D eigenvalue weighted by Gasteiger charge is 2.10. The molecule has 1 saturated heterocycles. The molecule has 3 heterocycles. The molecular weight excluding hydrogens is 408 g/mol. The summed E-state index contributed by atoms with van der Waals surface area (Å²) in [7, 11) is 0. The number of amides is 1. The summed E-state index contributed by atoms with van der Waals surface area (Å²) in [4.78, 5) is 20.1. The van der Waals surface area contributed by atoms with Gasteiger partial charge in [-0.2, -0.15) is 0 Å². The maximum atomic E-state index is 12.5. The molecule has 0 spiro atoms. The molecule has 0 bridgehead atoms. The molecule has 1 aliphatic heterocycles. The number of ether oxygens (including phenoxy) is 1. The summed E-state index contributed by atoms with van der Waals surface area (Å²) >= 11 is 1.61. The number of piperazine rings is 1. The Kier molecular flexibility index (Phi) is 7.65. The van der Waals surface area contributed by atoms with Gasteiger partial charge in [-0.1, -0.05) is 12.1 Å². The van der Waals surface area contributed by atoms with Crippen molar-refractivity contribution in [1.29, 1.82) is 0 Å². The molecule has 1 aliphatic rings. The van der Waals surface area contributed by atoms with Crippen LogP contribution in [0.3, 0.4) is 0 Å². The molecule has 3 aromatic rings. The van der Waals surface area contributed by atoms with E-state index in [0.29, 0.717) is 13.0 Å². The Labute approximate surface area is 187 Å². The van der Waals surface area contributed by atoms with Crippen LogP contribution in [-0.2, 0) is 11.2 Å². The summed E-state index contributed by atoms with van der Waals surface area (Å²) < 4.78 is 5.91. The predicted molar refractivity (Wildman–Crippen MR) is 126 cm³/mol. The molecule has 2 N–H and O–H groups in total. The first-order valence-electron chi connectivity index (χ1n) is 10.7. The van der Waals surface area contributed by atoms with Crippen molar-refractivity contribution in [2.75, 3.05) is 44.6 Å². The summed E-state index contributed by atoms with van der Waals surface area (Å²) in [6.45, 7) is 6.11. The summed E-state index contributed by atoms with van der Waals surface area (Å²) in [5.41, 5.74) is 2.87. The number of rotatable bonds is 9. The van der Waals surface area contributed by atoms with E-state index in [-0.39, 0.29) is 5.91 Å². The first kappa shape index (κ1) is 21.5. The average Bonchev–Trinajstić information content (AvgIpc) is 3.27. The Morgan fingerprint density at radius 1 is 1.16 bits per heavy atom. The lowest BCUT2D eigenvalue weighted by Gasteiger charge is -2.26. The summed E-state index contributed by atoms with van der Waals surface area (Å²) in [5, 5.41) is 8.33. The first-order chi connectivity index (χ1) is 15.3. The smallest absolute Gasteiger partial charge is 0.228 e. The fraction of sp³-hybridized carbons (Fsp3) is 0.333. The molecule has 4 rings (SSSR count). The number of nitrogens with zero attached hydrogens (tertiary/aromatic N) is 2. The van der Waals surface area contributed by atoms with Crippen molar-refractivity contribution >= 4 is 22.9 Å². The lowest BCUT2D eigenvalue weighted by molar-refractivity contribution is -0.115. The largest absolute Gasteiger partial charge is 0.494 e. The van der Waals surface area contributed by atoms with E-state index in [9.17, 15) is 4.79 Å². The van der Waals surface area contributed by atoms with Crippen LogP contribution >= 0.6 is 11.3 Å². The number of aromatic nitrogens is 1. The summed E-state index contributed by atoms with van der Waals surface area (Å²) in [6.07, 6.45) is 4.86. The molecule has 0 unspecified atom stereocenters. The van der Waals surface area contributed by atoms with Crippen LogP contribution in [0.5, 0.6) is 5.75 Å². The van der Waals surface area contributed by atoms with E-state index < -0.39 is 0 Å². The number of hydrogen-bond donors (Lipinski definition) is 2. The highest BCUT2D eigenvalue weighted by atomic mass is 32.1. The zero-order chi connectivity index (χ0) is 21.3. The first-order valence-corrected chi connectivity index (χ1v) is 11.6. The van der Waals surface area contributed by atoms with E-state index >= 15 is 0 Å². The van der Waals surface area contributed by atoms with Gasteiger partial charge in [0.05, 0.1) is 18.7 Å². The third kappa shape index (κ3) is 6.62. The van der Waals surface area contributed by atoms with Gasteiger partial charge in [-0.3, -0.25) is 9.78 Å². The van der Waals surface area contributed by atoms with Gasteiger partial charge in [-0.15, -0.1) is 11.3 Å². The van der Waals surface area contributed by atoms with Crippen LogP contribution in [0, 0.1) is 0 Å². The van der Waals surface area contributed by atoms with Crippen molar-refractivity contribution in [2.24, 2.45) is 0 Å². The van der Waals surface area contributed by atoms with Gasteiger partial charge in [-0.25, -0.2) is 0 Å². The molecule has 31 heavy (non-hydrogen) atoms. The number of hydrogen-bond acceptors (Lipinski definition) is 6. The van der Waals surface area contributed by atoms with Crippen LogP contribution in [0.2, 0.25) is 0 Å². The van der Waals surface area contributed by atoms with Crippen molar-refractivity contribution in [3.8, 4) is 16.2 Å². The van der Waals surface area contributed by atoms with E-state index in [4.69, 9.17) is 4.74 Å². The van der Waals surface area contributed by atoms with Crippen molar-refractivity contribution in [3.05, 3.63) is 65.8 Å². The molecule has 1 amide bonds. The van der Waals surface area contributed by atoms with Crippen LogP contribution in [0.15, 0.2) is 60.2 Å². The Hall–Kier alpha value is -2.74. The van der Waals surface area contributed by atoms with Gasteiger partial charge in [0.15, 0.2) is 0 Å². The van der Waals surface area contributed by atoms with E-state index in [2.05, 4.69) is 20.5 Å². The Bertz CT molecular complexity index is 970. The molecule has 2 aromatic heterocycles. The fourth-order valence-corrected chi connectivity index (χ4v) is 4.47. The number of benzene rings is 1. The molecule has 0 radical (unpaired) electrons. The second-order valence-corrected chi connectivity index (χ2v) is 8.51. The molecule has 7 heteroatoms. The molecule has 1 aromatic carbocycles. The van der Waals surface area contributed by atoms with Crippen LogP contribution in [0.4, 0.5) is 5.69 Å². The van der Waals surface area contributed by atoms with Crippen LogP contribution in [-0.4, -0.2) is 55.1 Å². The quantitative estimate of drug-likeness (QED) is 0.501. The molecular formula is C24H28N4O2S. The van der Waals surface area contributed by atoms with Gasteiger partial charge in [-0.05, 0) is 47.9 Å². The van der Waals surface area contributed by atoms with Crippen molar-refractivity contribution < 1.29 is 9.53 Å². The number of nitrogens with one attached hydrogen (secondary N) is 2. The zero-order valence-electron chi connectivity index (χ0n) is 17.5. The normalized spacial score (nSPS) is 14.3. The van der Waals surface area contributed by atoms with Gasteiger partial charge in [0.25, 0.3) is 0 Å². The molecule has 0 aliphatic carbocycles. The number of thiophene rings is 1. The standard InChI is InChI=1S/C24H28N4O2S/c29-24(27-21-17-23(31-18-21)20-5-7-25-8-6-20)16-19-3-1-4-22(15-19)30-14-2-11-28-12-9-26-10-13-28/h1,3-8,15,17-18,26H,2,9-14,16H2,(H,27,29). The minimum absolute atomic E-state index is 0.0325. The van der Waals surface area contributed by atoms with E-state index in [1.165, 1.54) is 0 Å². The van der Waals surface area contributed by atoms with Crippen LogP contribution in [0.1, 0.15) is 12.0 Å². The minimum Gasteiger partial charge on any atom is -0.494 e. The summed E-state index contributed by atoms with van der Waals surface area (Å²) in [5.74, 6) is 0.788. The van der Waals surface area contributed by atoms with E-state index in [0.717, 1.165) is 66.6 Å². The highest BCUT2D eigenvalue weighted by molar-refractivity contribution is 7.14. The van der Waals surface area contributed by atoms with Crippen molar-refractivity contribution in [3.63, 3.8) is 0 Å². The third-order valence-corrected chi connectivity index (χ3v) is 6.19. The zero-order valence-corrected chi connectivity index (χ0v) is 18.4. The molecule has 162 valence electrons. The summed E-state index contributed by atoms with van der Waals surface area (Å²) in [6, 6.07) is 13.7. The van der Waals surface area contributed by atoms with Crippen LogP contribution < -0.4 is 15.4 Å². The molecule has 6 nitrogen and oxygen atoms in total. The second-order valence-electron chi connectivity index (χ2n) is 7.60. The van der Waals surface area contributed by atoms with Crippen molar-refractivity contribution in [1.82, 2.24) is 15.2 Å². The Morgan fingerprint density at radius 3 is 2.84 bits per heavy atom. The number of anilines is 1. The monoisotopic (exact) mass is 436 g/mol. The van der Waals surface area contributed by atoms with Gasteiger partial charge in [0.1, 0.15) is 5.75 Å². The predicted octanol–water partition coefficient (Wildman–Crippen LogP) is 3.67. The van der Waals surface area contributed by atoms with Gasteiger partial charge < -0.3 is 20.3 Å². The highest BCUT2D eigenvalue weighted by Crippen LogP contribution is 2.29. The Morgan fingerprint density at radius 2 is 2.00 bits per heavy atom. The maximum absolute atomic E-state index is 12.5. The minimum atomic E-state index is -0.0325. The van der Waals surface area contributed by atoms with Gasteiger partial charge in [0, 0.05) is 55.4 Å². The maximum Gasteiger partial charge on any atom is 0.228 e. The second kappa shape index (κ2) is 11.0. The SMILES string of the molecule is O=C(Cc1cccc(OCCCN2CCNCC2)c1)Nc1csc(-c2ccncc2)c1. The number of carbonyl (C=O) groups excluding carboxylic acids is 1. The third-order valence-electron chi connectivity index (χ3n) is 5.21. The van der Waals surface area contributed by atoms with Crippen molar-refractivity contribution in [2.45, 2.75) is 12.8 Å². The van der Waals surface area contributed by atoms with Gasteiger partial charge >= 0.3 is 0 Å². The molecule has 0 saturated carbocycles. The van der Waals surface area contributed by atoms with E-state index in [1.807, 2.05) is 47.8 Å². The molecule has 0 atom stereocenters. The van der Waals surface area contributed by atoms with E-state index in [1.54, 1.807) is 23.7 Å². The fourth-order valence-electron chi connectivity index (χ4n) is 3.62. The van der Waals surface area contributed by atoms with Crippen LogP contribution in [0.25, 0.3) is 10.4 Å². The lowest BCUT2D eigenvalue weighted by atomic mass is 10.1. The number of carbonyl (C=O) groups is 1. The van der Waals surface area contributed by atoms with Gasteiger partial charge in [0.2, 0.25) is 5.91 Å². The topological polar surface area (TPSA) is 66.5 Å². The number of pyridine rings is 1. The lowest BCUT2D eigenvalue weighted by Crippen LogP contribution is -2.43. The molecule has 1 fully saturated rings. The average molecular weight is 437 g/mol.